The van der Waals surface area contributed by atoms with Crippen LogP contribution in [0, 0.1) is 0 Å². The number of esters is 1. The minimum atomic E-state index is -0.217. The quantitative estimate of drug-likeness (QED) is 0.573. The minimum absolute atomic E-state index is 0.217. The Bertz CT molecular complexity index is 549. The standard InChI is InChI=1S/C17H18O4/c1-2-17(18)20-13-12-19-14-8-10-16(11-9-14)21-15-6-4-3-5-7-15/h3-11H,2,12-13H2,1H3. The Morgan fingerprint density at radius 1 is 0.857 bits per heavy atom. The van der Waals surface area contributed by atoms with E-state index in [1.54, 1.807) is 6.92 Å². The number of carbonyl (C=O) groups excluding carboxylic acids is 1. The van der Waals surface area contributed by atoms with Gasteiger partial charge in [-0.1, -0.05) is 25.1 Å². The second-order valence-electron chi connectivity index (χ2n) is 4.31. The highest BCUT2D eigenvalue weighted by Gasteiger charge is 2.00. The van der Waals surface area contributed by atoms with Gasteiger partial charge in [0.05, 0.1) is 0 Å². The van der Waals surface area contributed by atoms with E-state index in [-0.39, 0.29) is 12.6 Å². The van der Waals surface area contributed by atoms with Crippen LogP contribution in [0.25, 0.3) is 0 Å². The summed E-state index contributed by atoms with van der Waals surface area (Å²) in [6, 6.07) is 16.9. The molecule has 0 fully saturated rings. The number of benzene rings is 2. The van der Waals surface area contributed by atoms with Gasteiger partial charge in [-0.15, -0.1) is 0 Å². The van der Waals surface area contributed by atoms with Crippen LogP contribution in [0.4, 0.5) is 0 Å². The van der Waals surface area contributed by atoms with E-state index in [4.69, 9.17) is 14.2 Å². The molecule has 21 heavy (non-hydrogen) atoms. The van der Waals surface area contributed by atoms with E-state index in [2.05, 4.69) is 0 Å². The molecule has 0 amide bonds. The Labute approximate surface area is 124 Å². The van der Waals surface area contributed by atoms with Crippen molar-refractivity contribution in [2.24, 2.45) is 0 Å². The van der Waals surface area contributed by atoms with E-state index < -0.39 is 0 Å². The number of rotatable bonds is 7. The van der Waals surface area contributed by atoms with Crippen LogP contribution in [-0.4, -0.2) is 19.2 Å². The lowest BCUT2D eigenvalue weighted by atomic mass is 10.3. The van der Waals surface area contributed by atoms with Crippen molar-refractivity contribution in [3.05, 3.63) is 54.6 Å². The van der Waals surface area contributed by atoms with Crippen LogP contribution >= 0.6 is 0 Å². The van der Waals surface area contributed by atoms with E-state index in [0.717, 1.165) is 11.5 Å². The molecule has 0 radical (unpaired) electrons. The van der Waals surface area contributed by atoms with Gasteiger partial charge in [0.15, 0.2) is 0 Å². The van der Waals surface area contributed by atoms with Crippen LogP contribution in [-0.2, 0) is 9.53 Å². The first-order valence-electron chi connectivity index (χ1n) is 6.89. The third-order valence-corrected chi connectivity index (χ3v) is 2.71. The van der Waals surface area contributed by atoms with Gasteiger partial charge in [0.2, 0.25) is 0 Å². The van der Waals surface area contributed by atoms with Crippen molar-refractivity contribution in [3.8, 4) is 17.2 Å². The molecule has 0 saturated heterocycles. The van der Waals surface area contributed by atoms with Crippen LogP contribution in [0.5, 0.6) is 17.2 Å². The van der Waals surface area contributed by atoms with Gasteiger partial charge in [0, 0.05) is 6.42 Å². The molecular formula is C17H18O4. The Morgan fingerprint density at radius 2 is 1.48 bits per heavy atom. The fraction of sp³-hybridized carbons (Fsp3) is 0.235. The number of para-hydroxylation sites is 1. The molecule has 4 nitrogen and oxygen atoms in total. The Balaban J connectivity index is 1.78. The predicted octanol–water partition coefficient (Wildman–Crippen LogP) is 3.81. The fourth-order valence-corrected chi connectivity index (χ4v) is 1.65. The topological polar surface area (TPSA) is 44.8 Å². The largest absolute Gasteiger partial charge is 0.490 e. The first-order valence-corrected chi connectivity index (χ1v) is 6.89. The van der Waals surface area contributed by atoms with Crippen molar-refractivity contribution >= 4 is 5.97 Å². The molecule has 0 bridgehead atoms. The lowest BCUT2D eigenvalue weighted by Gasteiger charge is -2.08. The highest BCUT2D eigenvalue weighted by atomic mass is 16.6. The molecule has 0 spiro atoms. The first kappa shape index (κ1) is 14.9. The van der Waals surface area contributed by atoms with Crippen LogP contribution in [0.15, 0.2) is 54.6 Å². The molecule has 0 atom stereocenters. The molecule has 0 N–H and O–H groups in total. The van der Waals surface area contributed by atoms with Crippen molar-refractivity contribution < 1.29 is 19.0 Å². The van der Waals surface area contributed by atoms with Crippen LogP contribution in [0.1, 0.15) is 13.3 Å². The summed E-state index contributed by atoms with van der Waals surface area (Å²) >= 11 is 0. The summed E-state index contributed by atoms with van der Waals surface area (Å²) in [4.78, 5) is 10.9. The Hall–Kier alpha value is -2.49. The molecule has 0 saturated carbocycles. The number of hydrogen-bond donors (Lipinski definition) is 0. The highest BCUT2D eigenvalue weighted by molar-refractivity contribution is 5.68. The van der Waals surface area contributed by atoms with Gasteiger partial charge in [-0.05, 0) is 36.4 Å². The minimum Gasteiger partial charge on any atom is -0.490 e. The zero-order valence-electron chi connectivity index (χ0n) is 12.0. The van der Waals surface area contributed by atoms with E-state index in [0.29, 0.717) is 18.8 Å². The van der Waals surface area contributed by atoms with Gasteiger partial charge in [0.1, 0.15) is 30.5 Å². The molecule has 2 aromatic carbocycles. The molecule has 110 valence electrons. The zero-order valence-corrected chi connectivity index (χ0v) is 12.0. The molecule has 0 heterocycles. The highest BCUT2D eigenvalue weighted by Crippen LogP contribution is 2.23. The SMILES string of the molecule is CCC(=O)OCCOc1ccc(Oc2ccccc2)cc1. The number of ether oxygens (including phenoxy) is 3. The van der Waals surface area contributed by atoms with Gasteiger partial charge >= 0.3 is 5.97 Å². The summed E-state index contributed by atoms with van der Waals surface area (Å²) < 4.78 is 16.1. The average Bonchev–Trinajstić information content (AvgIpc) is 2.54. The molecular weight excluding hydrogens is 268 g/mol. The third kappa shape index (κ3) is 5.18. The monoisotopic (exact) mass is 286 g/mol. The van der Waals surface area contributed by atoms with Gasteiger partial charge in [-0.3, -0.25) is 4.79 Å². The van der Waals surface area contributed by atoms with Gasteiger partial charge < -0.3 is 14.2 Å². The van der Waals surface area contributed by atoms with Crippen LogP contribution < -0.4 is 9.47 Å². The second kappa shape index (κ2) is 7.94. The van der Waals surface area contributed by atoms with Crippen molar-refractivity contribution in [1.29, 1.82) is 0 Å². The normalized spacial score (nSPS) is 9.95. The summed E-state index contributed by atoms with van der Waals surface area (Å²) in [6.45, 7) is 2.36. The summed E-state index contributed by atoms with van der Waals surface area (Å²) in [5, 5.41) is 0. The average molecular weight is 286 g/mol. The Morgan fingerprint density at radius 3 is 2.14 bits per heavy atom. The molecule has 0 aliphatic rings. The molecule has 0 unspecified atom stereocenters. The lowest BCUT2D eigenvalue weighted by molar-refractivity contribution is -0.143. The summed E-state index contributed by atoms with van der Waals surface area (Å²) in [7, 11) is 0. The van der Waals surface area contributed by atoms with E-state index >= 15 is 0 Å². The number of hydrogen-bond acceptors (Lipinski definition) is 4. The van der Waals surface area contributed by atoms with Crippen molar-refractivity contribution in [1.82, 2.24) is 0 Å². The smallest absolute Gasteiger partial charge is 0.305 e. The maximum absolute atomic E-state index is 10.9. The fourth-order valence-electron chi connectivity index (χ4n) is 1.65. The summed E-state index contributed by atoms with van der Waals surface area (Å²) in [6.07, 6.45) is 0.380. The zero-order chi connectivity index (χ0) is 14.9. The molecule has 0 aliphatic heterocycles. The Kier molecular flexibility index (Phi) is 5.64. The molecule has 2 aromatic rings. The molecule has 0 aromatic heterocycles. The lowest BCUT2D eigenvalue weighted by Crippen LogP contribution is -2.11. The maximum Gasteiger partial charge on any atom is 0.305 e. The van der Waals surface area contributed by atoms with E-state index in [1.807, 2.05) is 54.6 Å². The van der Waals surface area contributed by atoms with Crippen molar-refractivity contribution in [2.75, 3.05) is 13.2 Å². The van der Waals surface area contributed by atoms with Crippen molar-refractivity contribution in [3.63, 3.8) is 0 Å². The molecule has 0 aliphatic carbocycles. The summed E-state index contributed by atoms with van der Waals surface area (Å²) in [5.74, 6) is 2.02. The predicted molar refractivity (Wildman–Crippen MR) is 79.7 cm³/mol. The molecule has 2 rings (SSSR count). The first-order chi connectivity index (χ1) is 10.3. The maximum atomic E-state index is 10.9. The van der Waals surface area contributed by atoms with Gasteiger partial charge in [-0.25, -0.2) is 0 Å². The molecule has 4 heteroatoms. The van der Waals surface area contributed by atoms with Gasteiger partial charge in [0.25, 0.3) is 0 Å². The van der Waals surface area contributed by atoms with E-state index in [1.165, 1.54) is 0 Å². The van der Waals surface area contributed by atoms with Crippen molar-refractivity contribution in [2.45, 2.75) is 13.3 Å². The van der Waals surface area contributed by atoms with Gasteiger partial charge in [-0.2, -0.15) is 0 Å². The second-order valence-corrected chi connectivity index (χ2v) is 4.31. The third-order valence-electron chi connectivity index (χ3n) is 2.71. The summed E-state index contributed by atoms with van der Waals surface area (Å²) in [5.41, 5.74) is 0. The van der Waals surface area contributed by atoms with E-state index in [9.17, 15) is 4.79 Å². The van der Waals surface area contributed by atoms with Crippen LogP contribution in [0.2, 0.25) is 0 Å². The van der Waals surface area contributed by atoms with Crippen LogP contribution in [0.3, 0.4) is 0 Å². The number of carbonyl (C=O) groups is 1.